The fourth-order valence-corrected chi connectivity index (χ4v) is 2.88. The highest BCUT2D eigenvalue weighted by molar-refractivity contribution is 5.96. The number of likely N-dealkylation sites (N-methyl/N-ethyl adjacent to an activating group) is 1. The van der Waals surface area contributed by atoms with E-state index in [4.69, 9.17) is 0 Å². The minimum atomic E-state index is -0.341. The number of carbonyl (C=O) groups excluding carboxylic acids is 2. The van der Waals surface area contributed by atoms with E-state index in [1.807, 2.05) is 20.9 Å². The predicted octanol–water partition coefficient (Wildman–Crippen LogP) is 2.73. The summed E-state index contributed by atoms with van der Waals surface area (Å²) in [4.78, 5) is 28.4. The van der Waals surface area contributed by atoms with Gasteiger partial charge in [-0.25, -0.2) is 4.39 Å². The van der Waals surface area contributed by atoms with E-state index in [1.165, 1.54) is 24.3 Å². The second-order valence-electron chi connectivity index (χ2n) is 6.50. The number of rotatable bonds is 6. The van der Waals surface area contributed by atoms with Crippen LogP contribution in [0.25, 0.3) is 0 Å². The number of nitrogens with zero attached hydrogens (tertiary/aromatic N) is 2. The Labute approximate surface area is 137 Å². The smallest absolute Gasteiger partial charge is 0.236 e. The highest BCUT2D eigenvalue weighted by atomic mass is 19.1. The number of hydrogen-bond acceptors (Lipinski definition) is 3. The molecule has 23 heavy (non-hydrogen) atoms. The average Bonchev–Trinajstić information content (AvgIpc) is 2.93. The molecule has 2 rings (SSSR count). The maximum atomic E-state index is 12.9. The van der Waals surface area contributed by atoms with Crippen LogP contribution in [-0.2, 0) is 4.79 Å². The molecular formula is C18H25FN2O2. The maximum absolute atomic E-state index is 12.9. The van der Waals surface area contributed by atoms with Gasteiger partial charge in [0.1, 0.15) is 5.82 Å². The lowest BCUT2D eigenvalue weighted by atomic mass is 10.0. The van der Waals surface area contributed by atoms with Crippen LogP contribution < -0.4 is 0 Å². The van der Waals surface area contributed by atoms with Crippen LogP contribution in [0.1, 0.15) is 43.5 Å². The molecule has 0 saturated carbocycles. The summed E-state index contributed by atoms with van der Waals surface area (Å²) >= 11 is 0. The van der Waals surface area contributed by atoms with Gasteiger partial charge < -0.3 is 4.90 Å². The lowest BCUT2D eigenvalue weighted by Gasteiger charge is -2.28. The molecule has 1 saturated heterocycles. The Balaban J connectivity index is 1.95. The van der Waals surface area contributed by atoms with Crippen molar-refractivity contribution in [2.24, 2.45) is 0 Å². The van der Waals surface area contributed by atoms with Crippen molar-refractivity contribution in [3.63, 3.8) is 0 Å². The highest BCUT2D eigenvalue weighted by Crippen LogP contribution is 2.22. The minimum Gasteiger partial charge on any atom is -0.342 e. The first-order valence-corrected chi connectivity index (χ1v) is 8.17. The van der Waals surface area contributed by atoms with E-state index in [-0.39, 0.29) is 29.6 Å². The van der Waals surface area contributed by atoms with Crippen LogP contribution in [0.15, 0.2) is 24.3 Å². The number of ketones is 1. The van der Waals surface area contributed by atoms with Crippen molar-refractivity contribution in [1.29, 1.82) is 0 Å². The summed E-state index contributed by atoms with van der Waals surface area (Å²) < 4.78 is 12.9. The Kier molecular flexibility index (Phi) is 5.88. The van der Waals surface area contributed by atoms with Crippen molar-refractivity contribution in [1.82, 2.24) is 9.80 Å². The van der Waals surface area contributed by atoms with Crippen LogP contribution in [0.5, 0.6) is 0 Å². The molecule has 1 aliphatic rings. The second-order valence-corrected chi connectivity index (χ2v) is 6.50. The molecule has 0 spiro atoms. The molecule has 0 unspecified atom stereocenters. The Morgan fingerprint density at radius 1 is 1.30 bits per heavy atom. The van der Waals surface area contributed by atoms with E-state index < -0.39 is 0 Å². The third kappa shape index (κ3) is 4.61. The van der Waals surface area contributed by atoms with Gasteiger partial charge >= 0.3 is 0 Å². The first-order chi connectivity index (χ1) is 10.9. The summed E-state index contributed by atoms with van der Waals surface area (Å²) in [6, 6.07) is 5.92. The lowest BCUT2D eigenvalue weighted by molar-refractivity contribution is -0.132. The van der Waals surface area contributed by atoms with Gasteiger partial charge in [0.15, 0.2) is 5.78 Å². The zero-order chi connectivity index (χ0) is 17.0. The molecule has 1 aromatic carbocycles. The SMILES string of the molecule is CC(C)N(C)C(=O)CN1CCC[C@@H]1CC(=O)c1ccc(F)cc1. The zero-order valence-electron chi connectivity index (χ0n) is 14.1. The molecule has 0 N–H and O–H groups in total. The highest BCUT2D eigenvalue weighted by Gasteiger charge is 2.29. The first kappa shape index (κ1) is 17.6. The average molecular weight is 320 g/mol. The standard InChI is InChI=1S/C18H25FN2O2/c1-13(2)20(3)18(23)12-21-10-4-5-16(21)11-17(22)14-6-8-15(19)9-7-14/h6-9,13,16H,4-5,10-12H2,1-3H3/t16-/m1/s1. The van der Waals surface area contributed by atoms with Crippen molar-refractivity contribution in [3.05, 3.63) is 35.6 Å². The molecule has 1 fully saturated rings. The largest absolute Gasteiger partial charge is 0.342 e. The molecule has 1 heterocycles. The van der Waals surface area contributed by atoms with E-state index in [1.54, 1.807) is 4.90 Å². The third-order valence-corrected chi connectivity index (χ3v) is 4.59. The fraction of sp³-hybridized carbons (Fsp3) is 0.556. The number of likely N-dealkylation sites (tertiary alicyclic amines) is 1. The zero-order valence-corrected chi connectivity index (χ0v) is 14.1. The summed E-state index contributed by atoms with van der Waals surface area (Å²) in [5.74, 6) is -0.251. The molecule has 0 bridgehead atoms. The number of hydrogen-bond donors (Lipinski definition) is 0. The van der Waals surface area contributed by atoms with Crippen LogP contribution in [0.3, 0.4) is 0 Å². The summed E-state index contributed by atoms with van der Waals surface area (Å²) in [6.07, 6.45) is 2.30. The van der Waals surface area contributed by atoms with Gasteiger partial charge in [-0.1, -0.05) is 0 Å². The van der Waals surface area contributed by atoms with Gasteiger partial charge in [0.25, 0.3) is 0 Å². The molecule has 0 aliphatic carbocycles. The summed E-state index contributed by atoms with van der Waals surface area (Å²) in [7, 11) is 1.81. The Morgan fingerprint density at radius 3 is 2.57 bits per heavy atom. The van der Waals surface area contributed by atoms with Crippen LogP contribution in [0.2, 0.25) is 0 Å². The van der Waals surface area contributed by atoms with E-state index in [2.05, 4.69) is 4.90 Å². The van der Waals surface area contributed by atoms with Gasteiger partial charge in [-0.2, -0.15) is 0 Å². The molecule has 1 amide bonds. The van der Waals surface area contributed by atoms with Crippen molar-refractivity contribution in [2.45, 2.75) is 45.2 Å². The molecule has 4 nitrogen and oxygen atoms in total. The molecule has 1 aromatic rings. The normalized spacial score (nSPS) is 18.4. The van der Waals surface area contributed by atoms with Gasteiger partial charge in [-0.3, -0.25) is 14.5 Å². The van der Waals surface area contributed by atoms with Crippen LogP contribution >= 0.6 is 0 Å². The third-order valence-electron chi connectivity index (χ3n) is 4.59. The van der Waals surface area contributed by atoms with Gasteiger partial charge in [-0.15, -0.1) is 0 Å². The van der Waals surface area contributed by atoms with Crippen molar-refractivity contribution in [2.75, 3.05) is 20.1 Å². The topological polar surface area (TPSA) is 40.6 Å². The summed E-state index contributed by atoms with van der Waals surface area (Å²) in [5.41, 5.74) is 0.531. The van der Waals surface area contributed by atoms with Gasteiger partial charge in [0.05, 0.1) is 6.54 Å². The number of halogens is 1. The monoisotopic (exact) mass is 320 g/mol. The summed E-state index contributed by atoms with van der Waals surface area (Å²) in [5, 5.41) is 0. The van der Waals surface area contributed by atoms with Gasteiger partial charge in [0.2, 0.25) is 5.91 Å². The number of Topliss-reactive ketones (excluding diaryl/α,β-unsaturated/α-hetero) is 1. The molecule has 126 valence electrons. The lowest BCUT2D eigenvalue weighted by Crippen LogP contribution is -2.43. The number of benzene rings is 1. The first-order valence-electron chi connectivity index (χ1n) is 8.17. The predicted molar refractivity (Wildman–Crippen MR) is 87.8 cm³/mol. The Hall–Kier alpha value is -1.75. The minimum absolute atomic E-state index is 0.00608. The molecule has 0 radical (unpaired) electrons. The molecule has 1 aliphatic heterocycles. The Bertz CT molecular complexity index is 557. The molecule has 5 heteroatoms. The number of carbonyl (C=O) groups is 2. The summed E-state index contributed by atoms with van der Waals surface area (Å²) in [6.45, 7) is 5.17. The van der Waals surface area contributed by atoms with E-state index in [0.717, 1.165) is 19.4 Å². The molecule has 1 atom stereocenters. The molecular weight excluding hydrogens is 295 g/mol. The van der Waals surface area contributed by atoms with Gasteiger partial charge in [-0.05, 0) is 57.5 Å². The van der Waals surface area contributed by atoms with Crippen molar-refractivity contribution in [3.8, 4) is 0 Å². The maximum Gasteiger partial charge on any atom is 0.236 e. The Morgan fingerprint density at radius 2 is 1.96 bits per heavy atom. The second kappa shape index (κ2) is 7.68. The van der Waals surface area contributed by atoms with E-state index in [0.29, 0.717) is 18.5 Å². The van der Waals surface area contributed by atoms with E-state index >= 15 is 0 Å². The number of amides is 1. The van der Waals surface area contributed by atoms with Gasteiger partial charge in [0, 0.05) is 31.1 Å². The quantitative estimate of drug-likeness (QED) is 0.757. The fourth-order valence-electron chi connectivity index (χ4n) is 2.88. The van der Waals surface area contributed by atoms with Crippen LogP contribution in [0.4, 0.5) is 4.39 Å². The van der Waals surface area contributed by atoms with Crippen LogP contribution in [-0.4, -0.2) is 53.7 Å². The molecule has 0 aromatic heterocycles. The van der Waals surface area contributed by atoms with Crippen LogP contribution in [0, 0.1) is 5.82 Å². The van der Waals surface area contributed by atoms with E-state index in [9.17, 15) is 14.0 Å². The van der Waals surface area contributed by atoms with Crippen molar-refractivity contribution < 1.29 is 14.0 Å². The van der Waals surface area contributed by atoms with Crippen molar-refractivity contribution >= 4 is 11.7 Å².